The van der Waals surface area contributed by atoms with Crippen molar-refractivity contribution < 1.29 is 9.05 Å². The third kappa shape index (κ3) is 4.13. The molecule has 0 heterocycles. The summed E-state index contributed by atoms with van der Waals surface area (Å²) in [6, 6.07) is 12.5. The van der Waals surface area contributed by atoms with Gasteiger partial charge in [0.2, 0.25) is 0 Å². The van der Waals surface area contributed by atoms with Gasteiger partial charge >= 0.3 is 0 Å². The van der Waals surface area contributed by atoms with Gasteiger partial charge in [-0.1, -0.05) is 53.0 Å². The van der Waals surface area contributed by atoms with Gasteiger partial charge in [0, 0.05) is 11.4 Å². The molecule has 0 spiro atoms. The van der Waals surface area contributed by atoms with Crippen LogP contribution in [0.1, 0.15) is 6.92 Å². The SMILES string of the molecule is CCOP(=S)(Oc1cc(Cl)c(Cl)cc1Cl)c1ccccc1. The summed E-state index contributed by atoms with van der Waals surface area (Å²) in [6.45, 7) is -0.408. The second-order valence-electron chi connectivity index (χ2n) is 4.04. The fourth-order valence-corrected chi connectivity index (χ4v) is 4.78. The fraction of sp³-hybridized carbons (Fsp3) is 0.143. The minimum atomic E-state index is -2.71. The average Bonchev–Trinajstić information content (AvgIpc) is 2.46. The molecule has 21 heavy (non-hydrogen) atoms. The van der Waals surface area contributed by atoms with Crippen LogP contribution in [0.2, 0.25) is 15.1 Å². The summed E-state index contributed by atoms with van der Waals surface area (Å²) in [5.74, 6) is 0.367. The molecule has 1 atom stereocenters. The topological polar surface area (TPSA) is 18.5 Å². The third-order valence-electron chi connectivity index (χ3n) is 2.56. The van der Waals surface area contributed by atoms with Gasteiger partial charge in [0.1, 0.15) is 5.75 Å². The zero-order valence-corrected chi connectivity index (χ0v) is 15.0. The first kappa shape index (κ1) is 17.1. The number of hydrogen-bond donors (Lipinski definition) is 0. The van der Waals surface area contributed by atoms with Gasteiger partial charge in [0.05, 0.1) is 21.7 Å². The van der Waals surface area contributed by atoms with Gasteiger partial charge in [-0.2, -0.15) is 0 Å². The van der Waals surface area contributed by atoms with E-state index < -0.39 is 6.49 Å². The number of hydrogen-bond acceptors (Lipinski definition) is 3. The number of benzene rings is 2. The lowest BCUT2D eigenvalue weighted by Crippen LogP contribution is -2.12. The van der Waals surface area contributed by atoms with E-state index in [2.05, 4.69) is 0 Å². The summed E-state index contributed by atoms with van der Waals surface area (Å²) in [5, 5.41) is 1.86. The smallest absolute Gasteiger partial charge is 0.269 e. The lowest BCUT2D eigenvalue weighted by molar-refractivity contribution is 0.339. The number of halogens is 3. The Morgan fingerprint density at radius 2 is 1.62 bits per heavy atom. The van der Waals surface area contributed by atoms with Crippen molar-refractivity contribution in [2.24, 2.45) is 0 Å². The molecule has 7 heteroatoms. The van der Waals surface area contributed by atoms with Crippen molar-refractivity contribution >= 4 is 58.4 Å². The van der Waals surface area contributed by atoms with Crippen molar-refractivity contribution in [1.29, 1.82) is 0 Å². The molecule has 1 unspecified atom stereocenters. The Hall–Kier alpha value is -0.280. The van der Waals surface area contributed by atoms with Crippen LogP contribution >= 0.6 is 41.3 Å². The quantitative estimate of drug-likeness (QED) is 0.489. The molecule has 2 nitrogen and oxygen atoms in total. The predicted octanol–water partition coefficient (Wildman–Crippen LogP) is 5.70. The van der Waals surface area contributed by atoms with E-state index in [-0.39, 0.29) is 0 Å². The minimum absolute atomic E-state index is 0.342. The van der Waals surface area contributed by atoms with Gasteiger partial charge < -0.3 is 9.05 Å². The predicted molar refractivity (Wildman–Crippen MR) is 94.1 cm³/mol. The van der Waals surface area contributed by atoms with Crippen molar-refractivity contribution in [3.63, 3.8) is 0 Å². The van der Waals surface area contributed by atoms with Gasteiger partial charge in [-0.05, 0) is 36.9 Å². The molecule has 0 saturated heterocycles. The average molecular weight is 382 g/mol. The van der Waals surface area contributed by atoms with Crippen molar-refractivity contribution in [1.82, 2.24) is 0 Å². The van der Waals surface area contributed by atoms with Crippen LogP contribution in [-0.4, -0.2) is 6.61 Å². The van der Waals surface area contributed by atoms with Crippen molar-refractivity contribution in [3.8, 4) is 5.75 Å². The highest BCUT2D eigenvalue weighted by Crippen LogP contribution is 2.50. The van der Waals surface area contributed by atoms with Crippen molar-refractivity contribution in [2.75, 3.05) is 6.61 Å². The highest BCUT2D eigenvalue weighted by atomic mass is 35.5. The Kier molecular flexibility index (Phi) is 5.96. The molecule has 2 aromatic rings. The maximum atomic E-state index is 6.14. The van der Waals surface area contributed by atoms with Crippen LogP contribution in [0.3, 0.4) is 0 Å². The van der Waals surface area contributed by atoms with E-state index in [1.807, 2.05) is 37.3 Å². The first-order chi connectivity index (χ1) is 9.96. The molecule has 0 aliphatic heterocycles. The molecule has 0 N–H and O–H groups in total. The largest absolute Gasteiger partial charge is 0.439 e. The van der Waals surface area contributed by atoms with Crippen molar-refractivity contribution in [2.45, 2.75) is 6.92 Å². The standard InChI is InChI=1S/C14H12Cl3O2PS/c1-2-18-20(21,10-6-4-3-5-7-10)19-14-9-12(16)11(15)8-13(14)17/h3-9H,2H2,1H3. The van der Waals surface area contributed by atoms with E-state index in [9.17, 15) is 0 Å². The maximum absolute atomic E-state index is 6.14. The summed E-state index contributed by atoms with van der Waals surface area (Å²) in [6.07, 6.45) is 0. The van der Waals surface area contributed by atoms with E-state index in [0.717, 1.165) is 5.30 Å². The summed E-state index contributed by atoms with van der Waals surface area (Å²) < 4.78 is 11.6. The molecule has 112 valence electrons. The van der Waals surface area contributed by atoms with Gasteiger partial charge in [-0.3, -0.25) is 0 Å². The van der Waals surface area contributed by atoms with Gasteiger partial charge in [0.15, 0.2) is 0 Å². The van der Waals surface area contributed by atoms with E-state index in [4.69, 9.17) is 55.7 Å². The van der Waals surface area contributed by atoms with Gasteiger partial charge in [0.25, 0.3) is 6.49 Å². The van der Waals surface area contributed by atoms with Crippen molar-refractivity contribution in [3.05, 3.63) is 57.5 Å². The molecule has 0 bridgehead atoms. The Bertz CT molecular complexity index is 679. The molecule has 0 amide bonds. The molecule has 0 fully saturated rings. The van der Waals surface area contributed by atoms with E-state index in [1.165, 1.54) is 6.07 Å². The summed E-state index contributed by atoms with van der Waals surface area (Å²) in [5.41, 5.74) is 0. The van der Waals surface area contributed by atoms with E-state index in [1.54, 1.807) is 6.07 Å². The first-order valence-electron chi connectivity index (χ1n) is 6.10. The molecule has 0 saturated carbocycles. The van der Waals surface area contributed by atoms with Crippen LogP contribution in [-0.2, 0) is 16.3 Å². The first-order valence-corrected chi connectivity index (χ1v) is 9.88. The second kappa shape index (κ2) is 7.32. The molecular weight excluding hydrogens is 370 g/mol. The summed E-state index contributed by atoms with van der Waals surface area (Å²) in [4.78, 5) is 0. The monoisotopic (exact) mass is 380 g/mol. The van der Waals surface area contributed by atoms with Gasteiger partial charge in [-0.25, -0.2) is 0 Å². The zero-order chi connectivity index (χ0) is 15.5. The number of rotatable bonds is 5. The molecule has 0 aliphatic rings. The summed E-state index contributed by atoms with van der Waals surface area (Å²) >= 11 is 23.7. The molecule has 0 radical (unpaired) electrons. The summed E-state index contributed by atoms with van der Waals surface area (Å²) in [7, 11) is 0. The lowest BCUT2D eigenvalue weighted by Gasteiger charge is -2.23. The second-order valence-corrected chi connectivity index (χ2v) is 8.65. The van der Waals surface area contributed by atoms with Crippen LogP contribution in [0.15, 0.2) is 42.5 Å². The van der Waals surface area contributed by atoms with Crippen LogP contribution < -0.4 is 9.83 Å². The third-order valence-corrected chi connectivity index (χ3v) is 6.72. The molecule has 2 aromatic carbocycles. The zero-order valence-electron chi connectivity index (χ0n) is 11.1. The highest BCUT2D eigenvalue weighted by molar-refractivity contribution is 8.13. The molecule has 2 rings (SSSR count). The lowest BCUT2D eigenvalue weighted by atomic mass is 10.3. The fourth-order valence-electron chi connectivity index (χ4n) is 1.64. The normalized spacial score (nSPS) is 13.7. The van der Waals surface area contributed by atoms with E-state index in [0.29, 0.717) is 27.4 Å². The molecule has 0 aliphatic carbocycles. The Morgan fingerprint density at radius 1 is 1.00 bits per heavy atom. The van der Waals surface area contributed by atoms with Crippen LogP contribution in [0, 0.1) is 0 Å². The Balaban J connectivity index is 2.42. The van der Waals surface area contributed by atoms with Gasteiger partial charge in [-0.15, -0.1) is 0 Å². The van der Waals surface area contributed by atoms with Crippen LogP contribution in [0.4, 0.5) is 0 Å². The van der Waals surface area contributed by atoms with Crippen LogP contribution in [0.5, 0.6) is 5.75 Å². The minimum Gasteiger partial charge on any atom is -0.439 e. The molecule has 0 aromatic heterocycles. The van der Waals surface area contributed by atoms with Crippen LogP contribution in [0.25, 0.3) is 0 Å². The Labute approximate surface area is 144 Å². The Morgan fingerprint density at radius 3 is 2.24 bits per heavy atom. The molecular formula is C14H12Cl3O2PS. The maximum Gasteiger partial charge on any atom is 0.269 e. The van der Waals surface area contributed by atoms with E-state index >= 15 is 0 Å². The highest BCUT2D eigenvalue weighted by Gasteiger charge is 2.24.